The van der Waals surface area contributed by atoms with Crippen LogP contribution in [0.1, 0.15) is 32.4 Å². The molecule has 1 aliphatic heterocycles. The fourth-order valence-corrected chi connectivity index (χ4v) is 3.17. The lowest BCUT2D eigenvalue weighted by atomic mass is 9.98. The van der Waals surface area contributed by atoms with Crippen molar-refractivity contribution in [2.45, 2.75) is 45.4 Å². The Hall–Kier alpha value is -2.34. The molecule has 24 heavy (non-hydrogen) atoms. The molecule has 2 atom stereocenters. The summed E-state index contributed by atoms with van der Waals surface area (Å²) in [5.74, 6) is 0.578. The molecule has 2 aromatic rings. The number of carbonyl (C=O) groups excluding carboxylic acids is 1. The fourth-order valence-electron chi connectivity index (χ4n) is 3.17. The van der Waals surface area contributed by atoms with Crippen molar-refractivity contribution in [1.82, 2.24) is 9.78 Å². The highest BCUT2D eigenvalue weighted by Crippen LogP contribution is 2.29. The van der Waals surface area contributed by atoms with E-state index in [4.69, 9.17) is 0 Å². The van der Waals surface area contributed by atoms with Crippen molar-refractivity contribution in [3.63, 3.8) is 0 Å². The van der Waals surface area contributed by atoms with Crippen LogP contribution in [-0.2, 0) is 11.2 Å². The first-order valence-corrected chi connectivity index (χ1v) is 8.34. The molecule has 128 valence electrons. The van der Waals surface area contributed by atoms with Crippen LogP contribution in [0, 0.1) is 0 Å². The molecule has 3 rings (SSSR count). The van der Waals surface area contributed by atoms with E-state index in [0.717, 1.165) is 11.3 Å². The molecule has 6 heteroatoms. The van der Waals surface area contributed by atoms with E-state index < -0.39 is 12.1 Å². The number of aromatic nitrogens is 2. The van der Waals surface area contributed by atoms with Crippen molar-refractivity contribution < 1.29 is 9.90 Å². The van der Waals surface area contributed by atoms with Gasteiger partial charge in [-0.05, 0) is 32.4 Å². The van der Waals surface area contributed by atoms with Crippen molar-refractivity contribution in [2.24, 2.45) is 0 Å². The van der Waals surface area contributed by atoms with Crippen LogP contribution in [0.3, 0.4) is 0 Å². The van der Waals surface area contributed by atoms with E-state index in [1.807, 2.05) is 49.9 Å². The molecule has 1 aromatic carbocycles. The van der Waals surface area contributed by atoms with Gasteiger partial charge in [0.25, 0.3) is 0 Å². The Morgan fingerprint density at radius 3 is 2.79 bits per heavy atom. The van der Waals surface area contributed by atoms with Gasteiger partial charge in [-0.2, -0.15) is 5.10 Å². The zero-order chi connectivity index (χ0) is 17.3. The van der Waals surface area contributed by atoms with Crippen LogP contribution in [0.5, 0.6) is 0 Å². The molecule has 0 radical (unpaired) electrons. The average Bonchev–Trinajstić information content (AvgIpc) is 3.01. The first kappa shape index (κ1) is 16.5. The molecule has 0 fully saturated rings. The van der Waals surface area contributed by atoms with E-state index in [1.165, 1.54) is 0 Å². The molecule has 0 saturated heterocycles. The standard InChI is InChI=1S/C18H24N4O2/c1-12(2)22-17(8-9-19-22)20-18(24)13(3)21-11-15(23)10-14-6-4-5-7-16(14)21/h4-9,12-13,15,23H,10-11H2,1-3H3,(H,20,24). The number of anilines is 2. The summed E-state index contributed by atoms with van der Waals surface area (Å²) < 4.78 is 1.78. The summed E-state index contributed by atoms with van der Waals surface area (Å²) in [4.78, 5) is 14.7. The van der Waals surface area contributed by atoms with Crippen molar-refractivity contribution in [1.29, 1.82) is 0 Å². The molecular formula is C18H24N4O2. The minimum atomic E-state index is -0.462. The van der Waals surface area contributed by atoms with Gasteiger partial charge in [-0.3, -0.25) is 4.79 Å². The Morgan fingerprint density at radius 1 is 1.29 bits per heavy atom. The van der Waals surface area contributed by atoms with Crippen molar-refractivity contribution in [3.8, 4) is 0 Å². The van der Waals surface area contributed by atoms with E-state index in [9.17, 15) is 9.90 Å². The number of amides is 1. The van der Waals surface area contributed by atoms with Crippen LogP contribution < -0.4 is 10.2 Å². The monoisotopic (exact) mass is 328 g/mol. The molecule has 6 nitrogen and oxygen atoms in total. The SMILES string of the molecule is CC(C(=O)Nc1ccnn1C(C)C)N1CC(O)Cc2ccccc21. The van der Waals surface area contributed by atoms with E-state index in [-0.39, 0.29) is 11.9 Å². The highest BCUT2D eigenvalue weighted by atomic mass is 16.3. The number of aliphatic hydroxyl groups is 1. The van der Waals surface area contributed by atoms with Gasteiger partial charge in [0.1, 0.15) is 11.9 Å². The molecule has 0 spiro atoms. The van der Waals surface area contributed by atoms with Gasteiger partial charge in [0, 0.05) is 30.8 Å². The summed E-state index contributed by atoms with van der Waals surface area (Å²) in [6.45, 7) is 6.35. The average molecular weight is 328 g/mol. The van der Waals surface area contributed by atoms with Crippen LogP contribution in [0.4, 0.5) is 11.5 Å². The first-order chi connectivity index (χ1) is 11.5. The number of hydrogen-bond donors (Lipinski definition) is 2. The highest BCUT2D eigenvalue weighted by Gasteiger charge is 2.30. The normalized spacial score (nSPS) is 18.4. The number of β-amino-alcohol motifs (C(OH)–C–C–N with tert-alkyl or cyclic N) is 1. The summed E-state index contributed by atoms with van der Waals surface area (Å²) >= 11 is 0. The second-order valence-electron chi connectivity index (χ2n) is 6.56. The molecule has 2 heterocycles. The number of carbonyl (C=O) groups is 1. The van der Waals surface area contributed by atoms with Crippen molar-refractivity contribution >= 4 is 17.4 Å². The minimum absolute atomic E-state index is 0.110. The zero-order valence-electron chi connectivity index (χ0n) is 14.3. The molecule has 1 aliphatic rings. The lowest BCUT2D eigenvalue weighted by Gasteiger charge is -2.37. The molecule has 0 bridgehead atoms. The quantitative estimate of drug-likeness (QED) is 0.903. The number of nitrogens with one attached hydrogen (secondary N) is 1. The number of rotatable bonds is 4. The summed E-state index contributed by atoms with van der Waals surface area (Å²) in [5, 5.41) is 17.3. The molecule has 2 unspecified atom stereocenters. The van der Waals surface area contributed by atoms with E-state index >= 15 is 0 Å². The Morgan fingerprint density at radius 2 is 2.04 bits per heavy atom. The summed E-state index contributed by atoms with van der Waals surface area (Å²) in [5.41, 5.74) is 2.09. The van der Waals surface area contributed by atoms with Crippen LogP contribution in [0.15, 0.2) is 36.5 Å². The third-order valence-electron chi connectivity index (χ3n) is 4.42. The fraction of sp³-hybridized carbons (Fsp3) is 0.444. The van der Waals surface area contributed by atoms with Crippen LogP contribution in [-0.4, -0.2) is 39.5 Å². The van der Waals surface area contributed by atoms with Gasteiger partial charge in [-0.1, -0.05) is 18.2 Å². The van der Waals surface area contributed by atoms with E-state index in [0.29, 0.717) is 18.8 Å². The Labute approximate surface area is 142 Å². The molecular weight excluding hydrogens is 304 g/mol. The van der Waals surface area contributed by atoms with Gasteiger partial charge in [0.2, 0.25) is 5.91 Å². The zero-order valence-corrected chi connectivity index (χ0v) is 14.3. The van der Waals surface area contributed by atoms with E-state index in [2.05, 4.69) is 10.4 Å². The van der Waals surface area contributed by atoms with Gasteiger partial charge in [-0.15, -0.1) is 0 Å². The third-order valence-corrected chi connectivity index (χ3v) is 4.42. The van der Waals surface area contributed by atoms with Crippen LogP contribution in [0.2, 0.25) is 0 Å². The topological polar surface area (TPSA) is 70.4 Å². The summed E-state index contributed by atoms with van der Waals surface area (Å²) in [7, 11) is 0. The first-order valence-electron chi connectivity index (χ1n) is 8.34. The van der Waals surface area contributed by atoms with Crippen LogP contribution >= 0.6 is 0 Å². The number of aliphatic hydroxyl groups excluding tert-OH is 1. The summed E-state index contributed by atoms with van der Waals surface area (Å²) in [6.07, 6.45) is 1.85. The molecule has 0 saturated carbocycles. The predicted octanol–water partition coefficient (Wildman–Crippen LogP) is 2.21. The van der Waals surface area contributed by atoms with Crippen molar-refractivity contribution in [2.75, 3.05) is 16.8 Å². The summed E-state index contributed by atoms with van der Waals surface area (Å²) in [6, 6.07) is 9.50. The second-order valence-corrected chi connectivity index (χ2v) is 6.56. The minimum Gasteiger partial charge on any atom is -0.391 e. The lowest BCUT2D eigenvalue weighted by molar-refractivity contribution is -0.117. The predicted molar refractivity (Wildman–Crippen MR) is 94.2 cm³/mol. The number of benzene rings is 1. The Kier molecular flexibility index (Phi) is 4.57. The van der Waals surface area contributed by atoms with Gasteiger partial charge in [0.15, 0.2) is 0 Å². The third kappa shape index (κ3) is 3.14. The largest absolute Gasteiger partial charge is 0.391 e. The number of para-hydroxylation sites is 1. The van der Waals surface area contributed by atoms with Crippen LogP contribution in [0.25, 0.3) is 0 Å². The Bertz CT molecular complexity index is 725. The molecule has 1 aromatic heterocycles. The molecule has 2 N–H and O–H groups in total. The Balaban J connectivity index is 1.80. The maximum absolute atomic E-state index is 12.7. The number of nitrogens with zero attached hydrogens (tertiary/aromatic N) is 3. The maximum atomic E-state index is 12.7. The van der Waals surface area contributed by atoms with Gasteiger partial charge in [0.05, 0.1) is 12.3 Å². The second kappa shape index (κ2) is 6.65. The van der Waals surface area contributed by atoms with Gasteiger partial charge >= 0.3 is 0 Å². The highest BCUT2D eigenvalue weighted by molar-refractivity contribution is 5.96. The van der Waals surface area contributed by atoms with Crippen molar-refractivity contribution in [3.05, 3.63) is 42.1 Å². The number of hydrogen-bond acceptors (Lipinski definition) is 4. The maximum Gasteiger partial charge on any atom is 0.247 e. The van der Waals surface area contributed by atoms with E-state index in [1.54, 1.807) is 16.9 Å². The number of fused-ring (bicyclic) bond motifs is 1. The molecule has 1 amide bonds. The van der Waals surface area contributed by atoms with Gasteiger partial charge < -0.3 is 15.3 Å². The lowest BCUT2D eigenvalue weighted by Crippen LogP contribution is -2.49. The molecule has 0 aliphatic carbocycles. The smallest absolute Gasteiger partial charge is 0.247 e. The van der Waals surface area contributed by atoms with Gasteiger partial charge in [-0.25, -0.2) is 4.68 Å².